The predicted octanol–water partition coefficient (Wildman–Crippen LogP) is 2.48. The molecule has 0 atom stereocenters. The number of para-hydroxylation sites is 1. The van der Waals surface area contributed by atoms with Gasteiger partial charge in [0.2, 0.25) is 0 Å². The largest absolute Gasteiger partial charge is 3.00 e. The minimum Gasteiger partial charge on any atom is -0.358 e. The summed E-state index contributed by atoms with van der Waals surface area (Å²) < 4.78 is 0. The van der Waals surface area contributed by atoms with Crippen LogP contribution in [0.1, 0.15) is 0 Å². The summed E-state index contributed by atoms with van der Waals surface area (Å²) in [5.41, 5.74) is 0.935. The van der Waals surface area contributed by atoms with Gasteiger partial charge in [-0.05, 0) is 5.52 Å². The van der Waals surface area contributed by atoms with Gasteiger partial charge in [0, 0.05) is 6.20 Å². The van der Waals surface area contributed by atoms with Crippen LogP contribution in [0.2, 0.25) is 0 Å². The molecular formula is C10H9NY+. The summed E-state index contributed by atoms with van der Waals surface area (Å²) >= 11 is 0. The summed E-state index contributed by atoms with van der Waals surface area (Å²) in [6.45, 7) is 0. The molecule has 1 aromatic heterocycles. The molecule has 2 aromatic rings. The minimum absolute atomic E-state index is 0. The Bertz CT molecular complexity index is 281. The second-order valence-electron chi connectivity index (χ2n) is 2.11. The van der Waals surface area contributed by atoms with E-state index in [-0.39, 0.29) is 40.1 Å². The van der Waals surface area contributed by atoms with Gasteiger partial charge in [-0.25, -0.2) is 0 Å². The van der Waals surface area contributed by atoms with Crippen molar-refractivity contribution in [1.82, 2.24) is 4.98 Å². The third-order valence-corrected chi connectivity index (χ3v) is 1.43. The molecule has 12 heavy (non-hydrogen) atoms. The molecule has 0 aliphatic heterocycles. The summed E-state index contributed by atoms with van der Waals surface area (Å²) in [4.78, 5) is 4.13. The third kappa shape index (κ3) is 2.36. The molecule has 1 heterocycles. The molecule has 0 aliphatic rings. The van der Waals surface area contributed by atoms with Crippen LogP contribution in [0.4, 0.5) is 0 Å². The number of fused-ring (bicyclic) bond motifs is 1. The normalized spacial score (nSPS) is 8.33. The molecule has 1 nitrogen and oxygen atoms in total. The smallest absolute Gasteiger partial charge is 0.358 e. The van der Waals surface area contributed by atoms with E-state index in [1.165, 1.54) is 0 Å². The maximum absolute atomic E-state index is 4.13. The van der Waals surface area contributed by atoms with E-state index in [2.05, 4.69) is 11.1 Å². The second-order valence-corrected chi connectivity index (χ2v) is 2.11. The molecule has 2 heteroatoms. The molecule has 0 radical (unpaired) electrons. The summed E-state index contributed by atoms with van der Waals surface area (Å²) in [5, 5.41) is 1.14. The SMILES string of the molecule is [CH3-].[Y+3].[c-]1cccc2cccnc12. The van der Waals surface area contributed by atoms with Gasteiger partial charge in [0.15, 0.2) is 0 Å². The van der Waals surface area contributed by atoms with Gasteiger partial charge in [0.1, 0.15) is 0 Å². The molecule has 2 rings (SSSR count). The van der Waals surface area contributed by atoms with Crippen LogP contribution in [0.15, 0.2) is 36.5 Å². The van der Waals surface area contributed by atoms with E-state index < -0.39 is 0 Å². The zero-order valence-electron chi connectivity index (χ0n) is 6.99. The molecule has 0 saturated carbocycles. The number of hydrogen-bond acceptors (Lipinski definition) is 1. The first-order valence-corrected chi connectivity index (χ1v) is 3.18. The van der Waals surface area contributed by atoms with Gasteiger partial charge < -0.3 is 7.43 Å². The molecule has 0 aliphatic carbocycles. The molecule has 0 bridgehead atoms. The van der Waals surface area contributed by atoms with Gasteiger partial charge in [-0.1, -0.05) is 6.07 Å². The van der Waals surface area contributed by atoms with Crippen molar-refractivity contribution < 1.29 is 32.7 Å². The summed E-state index contributed by atoms with van der Waals surface area (Å²) in [6.07, 6.45) is 1.78. The van der Waals surface area contributed by atoms with Crippen molar-refractivity contribution >= 4 is 10.9 Å². The number of hydrogen-bond donors (Lipinski definition) is 0. The van der Waals surface area contributed by atoms with Crippen LogP contribution in [0.3, 0.4) is 0 Å². The molecule has 0 spiro atoms. The Hall–Kier alpha value is -0.266. The van der Waals surface area contributed by atoms with Crippen LogP contribution >= 0.6 is 0 Å². The molecule has 56 valence electrons. The Balaban J connectivity index is 0.000000605. The number of benzene rings is 1. The molecule has 1 aromatic carbocycles. The molecule has 0 N–H and O–H groups in total. The fourth-order valence-electron chi connectivity index (χ4n) is 0.952. The van der Waals surface area contributed by atoms with Crippen LogP contribution < -0.4 is 0 Å². The zero-order valence-corrected chi connectivity index (χ0v) is 9.83. The molecule has 0 fully saturated rings. The van der Waals surface area contributed by atoms with Gasteiger partial charge in [-0.2, -0.15) is 24.3 Å². The quantitative estimate of drug-likeness (QED) is 0.636. The van der Waals surface area contributed by atoms with Gasteiger partial charge >= 0.3 is 32.7 Å². The Labute approximate surface area is 98.1 Å². The summed E-state index contributed by atoms with van der Waals surface area (Å²) in [6, 6.07) is 12.9. The van der Waals surface area contributed by atoms with Crippen molar-refractivity contribution in [3.63, 3.8) is 0 Å². The molecule has 0 amide bonds. The predicted molar refractivity (Wildman–Crippen MR) is 47.0 cm³/mol. The van der Waals surface area contributed by atoms with Crippen molar-refractivity contribution in [2.24, 2.45) is 0 Å². The molecule has 0 unspecified atom stereocenters. The van der Waals surface area contributed by atoms with Crippen LogP contribution in [-0.2, 0) is 32.7 Å². The van der Waals surface area contributed by atoms with E-state index in [4.69, 9.17) is 0 Å². The average molecular weight is 232 g/mol. The van der Waals surface area contributed by atoms with E-state index >= 15 is 0 Å². The van der Waals surface area contributed by atoms with Crippen LogP contribution in [0.25, 0.3) is 10.9 Å². The van der Waals surface area contributed by atoms with Crippen LogP contribution in [0, 0.1) is 13.5 Å². The average Bonchev–Trinajstić information content (AvgIpc) is 2.05. The fraction of sp³-hybridized carbons (Fsp3) is 0. The second kappa shape index (κ2) is 5.39. The van der Waals surface area contributed by atoms with E-state index in [0.717, 1.165) is 10.9 Å². The van der Waals surface area contributed by atoms with Gasteiger partial charge in [0.05, 0.1) is 0 Å². The van der Waals surface area contributed by atoms with Crippen molar-refractivity contribution in [2.45, 2.75) is 0 Å². The first-order valence-electron chi connectivity index (χ1n) is 3.18. The number of pyridine rings is 1. The van der Waals surface area contributed by atoms with Crippen molar-refractivity contribution in [3.8, 4) is 0 Å². The Morgan fingerprint density at radius 1 is 1.17 bits per heavy atom. The number of rotatable bonds is 0. The molecular weight excluding hydrogens is 223 g/mol. The third-order valence-electron chi connectivity index (χ3n) is 1.43. The topological polar surface area (TPSA) is 12.9 Å². The summed E-state index contributed by atoms with van der Waals surface area (Å²) in [5.74, 6) is 0. The van der Waals surface area contributed by atoms with E-state index in [1.54, 1.807) is 6.20 Å². The van der Waals surface area contributed by atoms with Gasteiger partial charge in [-0.15, -0.1) is 11.5 Å². The minimum atomic E-state index is 0. The van der Waals surface area contributed by atoms with Crippen molar-refractivity contribution in [3.05, 3.63) is 50.0 Å². The van der Waals surface area contributed by atoms with E-state index in [9.17, 15) is 0 Å². The molecule has 0 saturated heterocycles. The standard InChI is InChI=1S/C9H6N.CH3.Y/c1-2-6-9-8(4-1)5-3-7-10-9;;/h1-5,7H;1H3;/q2*-1;+3. The number of aromatic nitrogens is 1. The van der Waals surface area contributed by atoms with E-state index in [0.29, 0.717) is 0 Å². The first-order chi connectivity index (χ1) is 4.97. The number of nitrogens with zero attached hydrogens (tertiary/aromatic N) is 1. The Morgan fingerprint density at radius 3 is 2.67 bits per heavy atom. The van der Waals surface area contributed by atoms with Crippen molar-refractivity contribution in [1.29, 1.82) is 0 Å². The first kappa shape index (κ1) is 11.7. The Morgan fingerprint density at radius 2 is 1.92 bits per heavy atom. The van der Waals surface area contributed by atoms with Gasteiger partial charge in [-0.3, -0.25) is 4.98 Å². The van der Waals surface area contributed by atoms with Gasteiger partial charge in [0.25, 0.3) is 0 Å². The van der Waals surface area contributed by atoms with Crippen LogP contribution in [0.5, 0.6) is 0 Å². The Kier molecular flexibility index (Phi) is 5.27. The van der Waals surface area contributed by atoms with E-state index in [1.807, 2.05) is 30.3 Å². The summed E-state index contributed by atoms with van der Waals surface area (Å²) in [7, 11) is 0. The van der Waals surface area contributed by atoms with Crippen molar-refractivity contribution in [2.75, 3.05) is 0 Å². The maximum atomic E-state index is 4.13. The maximum Gasteiger partial charge on any atom is 3.00 e. The van der Waals surface area contributed by atoms with Crippen LogP contribution in [-0.4, -0.2) is 4.98 Å². The zero-order chi connectivity index (χ0) is 6.81. The fourth-order valence-corrected chi connectivity index (χ4v) is 0.952. The monoisotopic (exact) mass is 232 g/mol.